The third kappa shape index (κ3) is 38.9. The number of carbonyl (C=O) groups is 6. The van der Waals surface area contributed by atoms with E-state index < -0.39 is 53.8 Å². The van der Waals surface area contributed by atoms with Crippen LogP contribution in [0.1, 0.15) is 218 Å². The van der Waals surface area contributed by atoms with Gasteiger partial charge in [-0.2, -0.15) is 0 Å². The second-order valence-electron chi connectivity index (χ2n) is 34.5. The molecule has 13 atom stereocenters. The maximum atomic E-state index is 13.0. The van der Waals surface area contributed by atoms with Crippen LogP contribution in [0, 0.1) is 55.8 Å². The summed E-state index contributed by atoms with van der Waals surface area (Å²) in [7, 11) is 1.34. The number of hydrogen-bond donors (Lipinski definition) is 11. The molecule has 9 aromatic rings. The minimum Gasteiger partial charge on any atom is -0.481 e. The van der Waals surface area contributed by atoms with Crippen molar-refractivity contribution < 1.29 is 59.0 Å². The molecule has 1 unspecified atom stereocenters. The summed E-state index contributed by atoms with van der Waals surface area (Å²) in [5.41, 5.74) is 43.7. The predicted molar refractivity (Wildman–Crippen MR) is 529 cm³/mol. The van der Waals surface area contributed by atoms with E-state index >= 15 is 0 Å². The minimum atomic E-state index is -1.05. The third-order valence-electron chi connectivity index (χ3n) is 21.0. The van der Waals surface area contributed by atoms with Crippen LogP contribution < -0.4 is 33.6 Å². The highest BCUT2D eigenvalue weighted by atomic mass is 79.9. The van der Waals surface area contributed by atoms with Crippen molar-refractivity contribution in [2.45, 2.75) is 237 Å². The first kappa shape index (κ1) is 117. The molecule has 15 N–H and O–H groups in total. The molecule has 4 aromatic heterocycles. The van der Waals surface area contributed by atoms with Crippen LogP contribution in [0.15, 0.2) is 158 Å². The molecular weight excluding hydrogens is 1870 g/mol. The number of aromatic nitrogens is 4. The van der Waals surface area contributed by atoms with Gasteiger partial charge < -0.3 is 73.6 Å². The van der Waals surface area contributed by atoms with Crippen molar-refractivity contribution in [1.29, 1.82) is 0 Å². The van der Waals surface area contributed by atoms with Crippen LogP contribution in [0.25, 0.3) is 31.3 Å². The molecule has 3 fully saturated rings. The van der Waals surface area contributed by atoms with Crippen molar-refractivity contribution >= 4 is 150 Å². The van der Waals surface area contributed by atoms with Gasteiger partial charge in [0.2, 0.25) is 17.7 Å². The standard InChI is InChI=1S/C23H32N4O3S.2C12H14N2S.C12H21NO4.C9H11Br.C8H10BrN.C7H14O2.C6H11NO3.C4H5NS.3ClH/c1-13(15-6-8-16(9-7-15)19-14(2)25-12-31-19)26-21(29)18-10-17(28)11-27(18)22(30)20(24)23(3,4)5;2*1-8(13)10-3-5-11(6-4-10)12-9(2)14-7-15-12;1-7(12(2,3)4)10(15)13-6-8(14)5-9(13)11(16)17;1-7(2)8-3-5-9(10)6-4-8;1-6(10)7-2-4-8(9)5-3-7;1-5(6(8)9)7(2,3)4;1-10-6(9)5-2-4(8)3-7-5;1-4-2-6-3-5-4;;;/h6-9,12-13,17-18,20,28H,10-11,24H2,1-5H3,(H,26,29);2*3-8H,13H2,1-2H3;7-9,14H,5-6H2,1-4H3,(H,16,17);3-7H,1-2H3;2-6H,10H2,1H3;5H,1-4H3,(H,8,9);4-5,7-8H,2-3H2,1H3;2-3H,1H3;3*1H/t13-,17+,18?,20+;2*8-;7-,8-,9+;;6-;5-;4-,5+;;;;/m0001.011..../s1. The zero-order valence-corrected chi connectivity index (χ0v) is 85.3. The average molecular weight is 2010 g/mol. The number of carbonyl (C=O) groups excluding carboxylic acids is 4. The number of nitrogens with two attached hydrogens (primary N) is 4. The number of nitrogens with zero attached hydrogens (tertiary/aromatic N) is 6. The number of nitrogens with one attached hydrogen (secondary N) is 2. The number of halogens is 5. The number of amides is 3. The zero-order chi connectivity index (χ0) is 92.7. The van der Waals surface area contributed by atoms with E-state index in [9.17, 15) is 39.0 Å². The molecule has 0 saturated carbocycles. The smallest absolute Gasteiger partial charge is 0.326 e. The lowest BCUT2D eigenvalue weighted by Crippen LogP contribution is -2.55. The van der Waals surface area contributed by atoms with Crippen molar-refractivity contribution in [1.82, 2.24) is 40.4 Å². The number of aliphatic hydroxyl groups is 3. The van der Waals surface area contributed by atoms with Crippen molar-refractivity contribution in [2.75, 3.05) is 26.7 Å². The average Bonchev–Trinajstić information content (AvgIpc) is 1.65. The Kier molecular flexibility index (Phi) is 51.8. The summed E-state index contributed by atoms with van der Waals surface area (Å²) in [5.74, 6) is -2.74. The zero-order valence-electron chi connectivity index (χ0n) is 76.5. The van der Waals surface area contributed by atoms with Gasteiger partial charge in [-0.15, -0.1) is 82.6 Å². The van der Waals surface area contributed by atoms with Crippen molar-refractivity contribution in [3.63, 3.8) is 0 Å². The van der Waals surface area contributed by atoms with Gasteiger partial charge in [-0.1, -0.05) is 219 Å². The van der Waals surface area contributed by atoms with E-state index in [1.54, 1.807) is 59.2 Å². The van der Waals surface area contributed by atoms with Crippen LogP contribution in [-0.2, 0) is 33.5 Å². The number of hydrogen-bond acceptors (Lipinski definition) is 23. The Morgan fingerprint density at radius 1 is 0.484 bits per heavy atom. The van der Waals surface area contributed by atoms with E-state index in [2.05, 4.69) is 154 Å². The van der Waals surface area contributed by atoms with Crippen LogP contribution in [0.3, 0.4) is 0 Å². The van der Waals surface area contributed by atoms with Crippen LogP contribution in [0.5, 0.6) is 0 Å². The summed E-state index contributed by atoms with van der Waals surface area (Å²) >= 11 is 13.3. The highest BCUT2D eigenvalue weighted by Crippen LogP contribution is 2.35. The number of methoxy groups -OCH3 is 1. The first-order valence-electron chi connectivity index (χ1n) is 41.0. The fourth-order valence-corrected chi connectivity index (χ4v) is 15.5. The number of likely N-dealkylation sites (tertiary alicyclic amines) is 2. The molecule has 5 aromatic carbocycles. The van der Waals surface area contributed by atoms with Gasteiger partial charge in [-0.3, -0.25) is 29.0 Å². The lowest BCUT2D eigenvalue weighted by Gasteiger charge is -2.32. The molecule has 3 aliphatic heterocycles. The molecule has 33 heteroatoms. The number of aliphatic carboxylic acids is 2. The van der Waals surface area contributed by atoms with Gasteiger partial charge in [-0.25, -0.2) is 19.7 Å². The van der Waals surface area contributed by atoms with Crippen LogP contribution >= 0.6 is 114 Å². The first-order chi connectivity index (χ1) is 57.4. The lowest BCUT2D eigenvalue weighted by molar-refractivity contribution is -0.151. The molecule has 0 aliphatic carbocycles. The number of aliphatic hydroxyl groups excluding tert-OH is 3. The molecule has 24 nitrogen and oxygen atoms in total. The fourth-order valence-electron chi connectivity index (χ4n) is 12.0. The Balaban J connectivity index is 0.000000736. The van der Waals surface area contributed by atoms with Crippen molar-refractivity contribution in [3.8, 4) is 31.3 Å². The fraction of sp³-hybridized carbons (Fsp3) is 0.484. The van der Waals surface area contributed by atoms with Gasteiger partial charge >= 0.3 is 17.9 Å². The van der Waals surface area contributed by atoms with Crippen molar-refractivity contribution in [2.24, 2.45) is 51.0 Å². The molecular formula is C93H135Br2Cl3N12O12S4. The second kappa shape index (κ2) is 55.9. The lowest BCUT2D eigenvalue weighted by atomic mass is 9.81. The number of rotatable bonds is 15. The molecule has 12 rings (SSSR count). The molecule has 3 amide bonds. The summed E-state index contributed by atoms with van der Waals surface area (Å²) < 4.78 is 6.71. The number of benzene rings is 5. The monoisotopic (exact) mass is 2000 g/mol. The van der Waals surface area contributed by atoms with Gasteiger partial charge in [0.15, 0.2) is 0 Å². The number of β-amino-alcohol motifs (C(OH)–C–C–N with tert-alkyl or cyclic N) is 3. The first-order valence-corrected chi connectivity index (χ1v) is 46.2. The number of aryl methyl sites for hydroxylation is 4. The minimum absolute atomic E-state index is 0. The van der Waals surface area contributed by atoms with Crippen molar-refractivity contribution in [3.05, 3.63) is 208 Å². The molecule has 698 valence electrons. The number of carboxylic acid groups (broad SMARTS) is 2. The molecule has 0 radical (unpaired) electrons. The molecule has 3 aliphatic rings. The SMILES string of the molecule is CC(C)c1ccc(Br)cc1.COC(=O)[C@@H]1C[C@@H](O)CN1.C[C@H](C(=O)N1C[C@H](O)C[C@H]1C(=O)O)C(C)(C)C.C[C@H](C(=O)O)C(C)(C)C.C[C@H](N)c1ccc(Br)cc1.Cc1cscn1.Cc1ncsc1-c1ccc([C@H](C)N)cc1.Cc1ncsc1-c1ccc([C@H](C)N)cc1.Cc1ncsc1-c1ccc([C@H](C)NC(=O)C2C[C@@H](O)CN2C(=O)[C@@H](N)C(C)(C)C)cc1.Cl.Cl.Cl. The van der Waals surface area contributed by atoms with E-state index in [0.29, 0.717) is 18.9 Å². The van der Waals surface area contributed by atoms with Gasteiger partial charge in [0.25, 0.3) is 0 Å². The summed E-state index contributed by atoms with van der Waals surface area (Å²) in [6, 6.07) is 38.7. The Morgan fingerprint density at radius 3 is 1.11 bits per heavy atom. The normalized spacial score (nSPS) is 17.8. The summed E-state index contributed by atoms with van der Waals surface area (Å²) in [6.45, 7) is 41.8. The number of carboxylic acids is 2. The van der Waals surface area contributed by atoms with Crippen LogP contribution in [-0.4, -0.2) is 160 Å². The molecule has 126 heavy (non-hydrogen) atoms. The van der Waals surface area contributed by atoms with Gasteiger partial charge in [0.05, 0.1) is 97.2 Å². The Bertz CT molecular complexity index is 4540. The molecule has 0 spiro atoms. The number of ether oxygens (including phenoxy) is 1. The van der Waals surface area contributed by atoms with E-state index in [1.165, 1.54) is 60.0 Å². The van der Waals surface area contributed by atoms with Gasteiger partial charge in [0, 0.05) is 83.0 Å². The number of esters is 1. The maximum Gasteiger partial charge on any atom is 0.326 e. The Hall–Kier alpha value is -7.05. The Morgan fingerprint density at radius 2 is 0.841 bits per heavy atom. The van der Waals surface area contributed by atoms with E-state index in [0.717, 1.165) is 47.7 Å². The highest BCUT2D eigenvalue weighted by molar-refractivity contribution is 9.10. The Labute approximate surface area is 797 Å². The maximum absolute atomic E-state index is 13.0. The van der Waals surface area contributed by atoms with Gasteiger partial charge in [0.1, 0.15) is 18.1 Å². The highest BCUT2D eigenvalue weighted by Gasteiger charge is 2.44. The molecule has 0 bridgehead atoms. The number of thiazole rings is 4. The van der Waals surface area contributed by atoms with E-state index in [1.807, 2.05) is 194 Å². The van der Waals surface area contributed by atoms with Crippen LogP contribution in [0.2, 0.25) is 0 Å². The van der Waals surface area contributed by atoms with Gasteiger partial charge in [-0.05, 0) is 146 Å². The predicted octanol–water partition coefficient (Wildman–Crippen LogP) is 19.0. The van der Waals surface area contributed by atoms with Crippen LogP contribution in [0.4, 0.5) is 0 Å². The molecule has 3 saturated heterocycles. The quantitative estimate of drug-likeness (QED) is 0.0425. The summed E-state index contributed by atoms with van der Waals surface area (Å²) in [6.07, 6.45) is -1.06. The summed E-state index contributed by atoms with van der Waals surface area (Å²) in [4.78, 5) is 93.3. The second-order valence-corrected chi connectivity index (χ2v) is 39.6. The third-order valence-corrected chi connectivity index (χ3v) is 25.7. The van der Waals surface area contributed by atoms with E-state index in [4.69, 9.17) is 38.3 Å². The topological polar surface area (TPSA) is 399 Å². The molecule has 7 heterocycles. The van der Waals surface area contributed by atoms with E-state index in [-0.39, 0.29) is 140 Å². The largest absolute Gasteiger partial charge is 0.481 e. The summed E-state index contributed by atoms with van der Waals surface area (Å²) in [5, 5.41) is 54.0.